The zero-order valence-corrected chi connectivity index (χ0v) is 40.8. The summed E-state index contributed by atoms with van der Waals surface area (Å²) in [5.41, 5.74) is 5.19. The van der Waals surface area contributed by atoms with Gasteiger partial charge in [-0.1, -0.05) is 37.6 Å². The van der Waals surface area contributed by atoms with Crippen molar-refractivity contribution in [3.8, 4) is 33.8 Å². The Morgan fingerprint density at radius 3 is 2.44 bits per heavy atom. The highest BCUT2D eigenvalue weighted by molar-refractivity contribution is 7.65. The molecule has 4 aromatic heterocycles. The number of hydrogen-bond acceptors (Lipinski definition) is 14. The first-order valence-electron chi connectivity index (χ1n) is 23.5. The number of carbonyl (C=O) groups excluding carboxylic acids is 4. The Hall–Kier alpha value is -7.23. The molecule has 0 aliphatic carbocycles. The number of cyclic esters (lactones) is 1. The Morgan fingerprint density at radius 1 is 0.958 bits per heavy atom. The van der Waals surface area contributed by atoms with Gasteiger partial charge >= 0.3 is 22.8 Å². The summed E-state index contributed by atoms with van der Waals surface area (Å²) in [4.78, 5) is 82.0. The van der Waals surface area contributed by atoms with Crippen LogP contribution < -0.4 is 21.5 Å². The van der Waals surface area contributed by atoms with Crippen LogP contribution in [0.4, 0.5) is 10.1 Å². The van der Waals surface area contributed by atoms with E-state index in [1.165, 1.54) is 23.0 Å². The van der Waals surface area contributed by atoms with Crippen molar-refractivity contribution >= 4 is 51.9 Å². The number of fused-ring (bicyclic) bond motifs is 5. The monoisotopic (exact) mass is 988 g/mol. The maximum Gasteiger partial charge on any atom is 0.550 e. The molecule has 0 bridgehead atoms. The third kappa shape index (κ3) is 11.2. The average molecular weight is 989 g/mol. The number of hydrogen-bond donors (Lipinski definition) is 4. The predicted molar refractivity (Wildman–Crippen MR) is 261 cm³/mol. The van der Waals surface area contributed by atoms with Crippen LogP contribution in [0.15, 0.2) is 71.0 Å². The highest BCUT2D eigenvalue weighted by Gasteiger charge is 2.35. The summed E-state index contributed by atoms with van der Waals surface area (Å²) in [6.07, 6.45) is 7.19. The number of aliphatic hydroxyl groups excluding tert-OH is 1. The lowest BCUT2D eigenvalue weighted by Gasteiger charge is -2.25. The van der Waals surface area contributed by atoms with Crippen molar-refractivity contribution in [3.05, 3.63) is 99.5 Å². The number of benzene rings is 2. The fourth-order valence-corrected chi connectivity index (χ4v) is 9.08. The molecule has 3 amide bonds. The molecule has 6 aromatic rings. The van der Waals surface area contributed by atoms with Crippen molar-refractivity contribution in [1.82, 2.24) is 50.0 Å². The molecular formula is C50H55FN11O8S+. The van der Waals surface area contributed by atoms with Crippen molar-refractivity contribution in [2.24, 2.45) is 5.92 Å². The number of aliphatic hydroxyl groups is 1. The third-order valence-electron chi connectivity index (χ3n) is 12.8. The molecule has 8 rings (SSSR count). The summed E-state index contributed by atoms with van der Waals surface area (Å²) in [7, 11) is 3.93. The fourth-order valence-electron chi connectivity index (χ4n) is 8.89. The van der Waals surface area contributed by atoms with Crippen LogP contribution in [-0.4, -0.2) is 101 Å². The van der Waals surface area contributed by atoms with E-state index >= 15 is 4.39 Å². The summed E-state index contributed by atoms with van der Waals surface area (Å²) in [6.45, 7) is 6.53. The third-order valence-corrected chi connectivity index (χ3v) is 13.1. The number of aryl methyl sites for hydroxylation is 2. The molecular weight excluding hydrogens is 934 g/mol. The van der Waals surface area contributed by atoms with E-state index in [2.05, 4.69) is 36.2 Å². The van der Waals surface area contributed by atoms with Crippen LogP contribution in [-0.2, 0) is 59.5 Å². The van der Waals surface area contributed by atoms with Crippen LogP contribution in [0.25, 0.3) is 44.7 Å². The Morgan fingerprint density at radius 2 is 1.72 bits per heavy atom. The second-order valence-corrected chi connectivity index (χ2v) is 19.1. The van der Waals surface area contributed by atoms with E-state index in [4.69, 9.17) is 9.72 Å². The number of esters is 1. The van der Waals surface area contributed by atoms with E-state index in [0.29, 0.717) is 87.3 Å². The number of ether oxygens (including phenoxy) is 1. The summed E-state index contributed by atoms with van der Waals surface area (Å²) in [5, 5.41) is 28.5. The molecule has 3 atom stereocenters. The van der Waals surface area contributed by atoms with Crippen LogP contribution in [0.5, 0.6) is 0 Å². The number of nitrogens with zero attached hydrogens (tertiary/aromatic N) is 8. The van der Waals surface area contributed by atoms with Crippen molar-refractivity contribution < 1.29 is 37.6 Å². The van der Waals surface area contributed by atoms with Crippen LogP contribution in [0.2, 0.25) is 0 Å². The van der Waals surface area contributed by atoms with Gasteiger partial charge in [0.25, 0.3) is 5.56 Å². The summed E-state index contributed by atoms with van der Waals surface area (Å²) in [5.74, 6) is -2.77. The van der Waals surface area contributed by atoms with E-state index in [1.54, 1.807) is 42.1 Å². The Kier molecular flexibility index (Phi) is 15.4. The average Bonchev–Trinajstić information content (AvgIpc) is 3.98. The van der Waals surface area contributed by atoms with Crippen molar-refractivity contribution in [3.63, 3.8) is 0 Å². The molecule has 6 heterocycles. The van der Waals surface area contributed by atoms with Gasteiger partial charge in [-0.25, -0.2) is 14.2 Å². The minimum Gasteiger partial charge on any atom is -0.458 e. The topological polar surface area (TPSA) is 246 Å². The van der Waals surface area contributed by atoms with Gasteiger partial charge in [-0.3, -0.25) is 23.9 Å². The standard InChI is InChI=1S/C50H54FN11O8S/c1-27(2)43(57-41(63)12-7-6-9-18-61-25-39(58-59-61)30-22-52-50(71-69)53-23-30)47(66)56-37(11-8-10-17-60(4)5)46(65)54-31-15-13-29(14-16-31)42-33-19-28(3)36(51)21-38(33)55-44-34(42)24-62-40(44)20-32-35(48(62)67)26-70-49(68)45(32)64/h13-16,19-23,25,27,37,43,45,64H,6-12,17-18,24,26H2,1-5H3,(H2-,54,55,56,57,63,65,66)/p+1/t37-,43-,45-/m0/s1. The molecule has 19 nitrogen and oxygen atoms in total. The van der Waals surface area contributed by atoms with Crippen LogP contribution >= 0.6 is 0 Å². The molecule has 0 unspecified atom stereocenters. The van der Waals surface area contributed by atoms with Gasteiger partial charge in [-0.2, -0.15) is 9.97 Å². The van der Waals surface area contributed by atoms with E-state index in [-0.39, 0.29) is 59.3 Å². The molecule has 2 aromatic carbocycles. The number of rotatable bonds is 20. The van der Waals surface area contributed by atoms with Gasteiger partial charge in [0.1, 0.15) is 30.2 Å². The predicted octanol–water partition coefficient (Wildman–Crippen LogP) is 5.02. The van der Waals surface area contributed by atoms with Crippen molar-refractivity contribution in [1.29, 1.82) is 0 Å². The number of halogens is 1. The van der Waals surface area contributed by atoms with E-state index in [1.807, 2.05) is 45.0 Å². The van der Waals surface area contributed by atoms with Crippen molar-refractivity contribution in [2.45, 2.75) is 109 Å². The molecule has 0 saturated heterocycles. The first-order chi connectivity index (χ1) is 34.1. The van der Waals surface area contributed by atoms with E-state index in [0.717, 1.165) is 25.8 Å². The number of carbonyl (C=O) groups is 4. The quantitative estimate of drug-likeness (QED) is 0.0339. The molecule has 0 saturated carbocycles. The van der Waals surface area contributed by atoms with Gasteiger partial charge in [0.15, 0.2) is 6.10 Å². The SMILES string of the molecule is Cc1cc2c(-c3ccc(NC(=O)[C@H](CCCCN(C)C)NC(=O)[C@@H](NC(=O)CCCCCn4cc(-c5cnc([S+]=O)nc5)nn4)C(C)C)cc3)c3c(nc2cc1F)-c1cc2c(c(=O)n1C3)COC(=O)[C@H]2O. The number of nitrogens with one attached hydrogen (secondary N) is 3. The van der Waals surface area contributed by atoms with E-state index < -0.39 is 47.3 Å². The van der Waals surface area contributed by atoms with Gasteiger partial charge in [0, 0.05) is 63.4 Å². The second kappa shape index (κ2) is 21.8. The largest absolute Gasteiger partial charge is 0.550 e. The van der Waals surface area contributed by atoms with Crippen LogP contribution in [0.1, 0.15) is 87.2 Å². The smallest absolute Gasteiger partial charge is 0.458 e. The van der Waals surface area contributed by atoms with Gasteiger partial charge < -0.3 is 35.3 Å². The summed E-state index contributed by atoms with van der Waals surface area (Å²) >= 11 is 0.211. The Balaban J connectivity index is 0.933. The number of aromatic nitrogens is 7. The van der Waals surface area contributed by atoms with Crippen LogP contribution in [0.3, 0.4) is 0 Å². The molecule has 2 aliphatic heterocycles. The lowest BCUT2D eigenvalue weighted by atomic mass is 9.93. The number of anilines is 1. The Labute approximate surface area is 412 Å². The van der Waals surface area contributed by atoms with Gasteiger partial charge in [-0.05, 0) is 107 Å². The molecule has 71 heavy (non-hydrogen) atoms. The molecule has 2 aliphatic rings. The summed E-state index contributed by atoms with van der Waals surface area (Å²) < 4.78 is 34.3. The fraction of sp³-hybridized carbons (Fsp3) is 0.400. The number of amides is 3. The molecule has 0 radical (unpaired) electrons. The van der Waals surface area contributed by atoms with Gasteiger partial charge in [0.2, 0.25) is 17.7 Å². The minimum absolute atomic E-state index is 0.118. The van der Waals surface area contributed by atoms with Crippen molar-refractivity contribution in [2.75, 3.05) is 26.0 Å². The highest BCUT2D eigenvalue weighted by Crippen LogP contribution is 2.43. The van der Waals surface area contributed by atoms with Crippen LogP contribution in [0, 0.1) is 18.7 Å². The first-order valence-corrected chi connectivity index (χ1v) is 24.3. The van der Waals surface area contributed by atoms with E-state index in [9.17, 15) is 33.3 Å². The number of unbranched alkanes of at least 4 members (excludes halogenated alkanes) is 3. The lowest BCUT2D eigenvalue weighted by molar-refractivity contribution is -0.157. The second-order valence-electron chi connectivity index (χ2n) is 18.5. The number of pyridine rings is 2. The normalized spacial score (nSPS) is 14.7. The zero-order valence-electron chi connectivity index (χ0n) is 40.0. The maximum atomic E-state index is 15.1. The lowest BCUT2D eigenvalue weighted by Crippen LogP contribution is -2.54. The molecule has 0 fully saturated rings. The Bertz CT molecular complexity index is 3070. The molecule has 4 N–H and O–H groups in total. The molecule has 21 heteroatoms. The van der Waals surface area contributed by atoms with Gasteiger partial charge in [0.05, 0.1) is 35.2 Å². The zero-order chi connectivity index (χ0) is 50.5. The highest BCUT2D eigenvalue weighted by atomic mass is 32.1. The summed E-state index contributed by atoms with van der Waals surface area (Å²) in [6, 6.07) is 9.89. The molecule has 370 valence electrons. The first kappa shape index (κ1) is 50.2. The maximum absolute atomic E-state index is 15.1. The minimum atomic E-state index is -1.63. The molecule has 0 spiro atoms. The van der Waals surface area contributed by atoms with Gasteiger partial charge in [-0.15, -0.1) is 5.10 Å².